The van der Waals surface area contributed by atoms with Gasteiger partial charge in [-0.25, -0.2) is 5.43 Å². The number of hydrazone groups is 1. The zero-order chi connectivity index (χ0) is 19.2. The number of nitro groups is 1. The Labute approximate surface area is 158 Å². The molecule has 0 aromatic heterocycles. The summed E-state index contributed by atoms with van der Waals surface area (Å²) in [6, 6.07) is 14.1. The molecule has 1 N–H and O–H groups in total. The van der Waals surface area contributed by atoms with E-state index in [2.05, 4.69) is 22.7 Å². The molecule has 0 aliphatic heterocycles. The van der Waals surface area contributed by atoms with Crippen LogP contribution < -0.4 is 5.43 Å². The SMILES string of the molecule is C/C(=N\NC(=O)c1ccccc1[N+](=O)[O-])c1ccc(C2CCCCC2)cc1. The molecule has 27 heavy (non-hydrogen) atoms. The van der Waals surface area contributed by atoms with E-state index >= 15 is 0 Å². The zero-order valence-electron chi connectivity index (χ0n) is 15.4. The maximum atomic E-state index is 12.2. The molecule has 0 saturated heterocycles. The maximum absolute atomic E-state index is 12.2. The van der Waals surface area contributed by atoms with Crippen LogP contribution in [0.5, 0.6) is 0 Å². The molecule has 140 valence electrons. The van der Waals surface area contributed by atoms with Gasteiger partial charge in [0.05, 0.1) is 10.6 Å². The van der Waals surface area contributed by atoms with E-state index in [4.69, 9.17) is 0 Å². The van der Waals surface area contributed by atoms with E-state index in [1.54, 1.807) is 13.0 Å². The zero-order valence-corrected chi connectivity index (χ0v) is 15.4. The van der Waals surface area contributed by atoms with Gasteiger partial charge in [-0.3, -0.25) is 14.9 Å². The van der Waals surface area contributed by atoms with E-state index in [0.717, 1.165) is 5.56 Å². The summed E-state index contributed by atoms with van der Waals surface area (Å²) in [5.41, 5.74) is 5.09. The van der Waals surface area contributed by atoms with Gasteiger partial charge in [-0.05, 0) is 42.9 Å². The average molecular weight is 365 g/mol. The minimum atomic E-state index is -0.597. The van der Waals surface area contributed by atoms with Gasteiger partial charge in [-0.1, -0.05) is 55.7 Å². The Morgan fingerprint density at radius 2 is 1.74 bits per heavy atom. The summed E-state index contributed by atoms with van der Waals surface area (Å²) in [4.78, 5) is 22.7. The third kappa shape index (κ3) is 4.58. The summed E-state index contributed by atoms with van der Waals surface area (Å²) in [5.74, 6) is 0.0452. The molecular formula is C21H23N3O3. The number of hydrogen-bond acceptors (Lipinski definition) is 4. The standard InChI is InChI=1S/C21H23N3O3/c1-15(16-11-13-18(14-12-16)17-7-3-2-4-8-17)22-23-21(25)19-9-5-6-10-20(19)24(26)27/h5-6,9-14,17H,2-4,7-8H2,1H3,(H,23,25)/b22-15+. The molecule has 1 amide bonds. The van der Waals surface area contributed by atoms with Crippen molar-refractivity contribution in [3.63, 3.8) is 0 Å². The summed E-state index contributed by atoms with van der Waals surface area (Å²) < 4.78 is 0. The third-order valence-electron chi connectivity index (χ3n) is 5.08. The Hall–Kier alpha value is -3.02. The molecule has 2 aromatic rings. The number of nitrogens with one attached hydrogen (secondary N) is 1. The highest BCUT2D eigenvalue weighted by molar-refractivity contribution is 6.02. The number of rotatable bonds is 5. The molecule has 6 nitrogen and oxygen atoms in total. The van der Waals surface area contributed by atoms with Crippen molar-refractivity contribution < 1.29 is 9.72 Å². The predicted molar refractivity (Wildman–Crippen MR) is 105 cm³/mol. The van der Waals surface area contributed by atoms with Crippen LogP contribution in [0.25, 0.3) is 0 Å². The molecule has 0 bridgehead atoms. The minimum Gasteiger partial charge on any atom is -0.267 e. The van der Waals surface area contributed by atoms with E-state index in [-0.39, 0.29) is 11.3 Å². The Balaban J connectivity index is 1.68. The molecule has 1 fully saturated rings. The first-order chi connectivity index (χ1) is 13.1. The fourth-order valence-corrected chi connectivity index (χ4v) is 3.52. The summed E-state index contributed by atoms with van der Waals surface area (Å²) in [5, 5.41) is 15.1. The Morgan fingerprint density at radius 3 is 2.41 bits per heavy atom. The fraction of sp³-hybridized carbons (Fsp3) is 0.333. The topological polar surface area (TPSA) is 84.6 Å². The van der Waals surface area contributed by atoms with Gasteiger partial charge in [0.2, 0.25) is 0 Å². The second-order valence-corrected chi connectivity index (χ2v) is 6.87. The number of nitro benzene ring substituents is 1. The van der Waals surface area contributed by atoms with Gasteiger partial charge in [0.25, 0.3) is 11.6 Å². The van der Waals surface area contributed by atoms with Crippen molar-refractivity contribution in [2.75, 3.05) is 0 Å². The highest BCUT2D eigenvalue weighted by Gasteiger charge is 2.19. The molecule has 1 saturated carbocycles. The molecule has 0 radical (unpaired) electrons. The van der Waals surface area contributed by atoms with Crippen LogP contribution >= 0.6 is 0 Å². The second kappa shape index (κ2) is 8.58. The van der Waals surface area contributed by atoms with Crippen LogP contribution in [0.1, 0.15) is 66.4 Å². The molecule has 0 spiro atoms. The lowest BCUT2D eigenvalue weighted by molar-refractivity contribution is -0.385. The van der Waals surface area contributed by atoms with Gasteiger partial charge in [0, 0.05) is 6.07 Å². The number of amides is 1. The Bertz CT molecular complexity index is 853. The van der Waals surface area contributed by atoms with E-state index < -0.39 is 10.8 Å². The van der Waals surface area contributed by atoms with Crippen molar-refractivity contribution in [3.8, 4) is 0 Å². The molecular weight excluding hydrogens is 342 g/mol. The molecule has 2 aromatic carbocycles. The monoisotopic (exact) mass is 365 g/mol. The van der Waals surface area contributed by atoms with Crippen LogP contribution in [0, 0.1) is 10.1 Å². The van der Waals surface area contributed by atoms with Crippen LogP contribution in [0.4, 0.5) is 5.69 Å². The number of hydrogen-bond donors (Lipinski definition) is 1. The number of carbonyl (C=O) groups excluding carboxylic acids is 1. The van der Waals surface area contributed by atoms with Crippen LogP contribution in [0.15, 0.2) is 53.6 Å². The van der Waals surface area contributed by atoms with Crippen LogP contribution in [0.3, 0.4) is 0 Å². The van der Waals surface area contributed by atoms with Gasteiger partial charge in [-0.2, -0.15) is 5.10 Å². The molecule has 1 aliphatic carbocycles. The molecule has 1 aliphatic rings. The maximum Gasteiger partial charge on any atom is 0.282 e. The van der Waals surface area contributed by atoms with Crippen molar-refractivity contribution in [1.29, 1.82) is 0 Å². The minimum absolute atomic E-state index is 0.00769. The molecule has 6 heteroatoms. The molecule has 0 atom stereocenters. The van der Waals surface area contributed by atoms with E-state index in [0.29, 0.717) is 11.6 Å². The van der Waals surface area contributed by atoms with Gasteiger partial charge in [0.15, 0.2) is 0 Å². The third-order valence-corrected chi connectivity index (χ3v) is 5.08. The van der Waals surface area contributed by atoms with Crippen molar-refractivity contribution in [1.82, 2.24) is 5.43 Å². The molecule has 0 unspecified atom stereocenters. The highest BCUT2D eigenvalue weighted by atomic mass is 16.6. The van der Waals surface area contributed by atoms with Gasteiger partial charge in [-0.15, -0.1) is 0 Å². The average Bonchev–Trinajstić information content (AvgIpc) is 2.72. The van der Waals surface area contributed by atoms with E-state index in [1.165, 1.54) is 55.9 Å². The Morgan fingerprint density at radius 1 is 1.07 bits per heavy atom. The van der Waals surface area contributed by atoms with Crippen molar-refractivity contribution in [2.24, 2.45) is 5.10 Å². The van der Waals surface area contributed by atoms with Crippen molar-refractivity contribution >= 4 is 17.3 Å². The second-order valence-electron chi connectivity index (χ2n) is 6.87. The number of carbonyl (C=O) groups is 1. The number of para-hydroxylation sites is 1. The van der Waals surface area contributed by atoms with Gasteiger partial charge in [0.1, 0.15) is 5.56 Å². The lowest BCUT2D eigenvalue weighted by Gasteiger charge is -2.22. The predicted octanol–water partition coefficient (Wildman–Crippen LogP) is 4.80. The number of benzene rings is 2. The molecule has 0 heterocycles. The van der Waals surface area contributed by atoms with Crippen LogP contribution in [0.2, 0.25) is 0 Å². The van der Waals surface area contributed by atoms with Crippen LogP contribution in [-0.4, -0.2) is 16.5 Å². The highest BCUT2D eigenvalue weighted by Crippen LogP contribution is 2.32. The lowest BCUT2D eigenvalue weighted by atomic mass is 9.84. The normalized spacial score (nSPS) is 15.4. The van der Waals surface area contributed by atoms with Gasteiger partial charge < -0.3 is 0 Å². The first-order valence-electron chi connectivity index (χ1n) is 9.24. The summed E-state index contributed by atoms with van der Waals surface area (Å²) in [6.07, 6.45) is 6.42. The van der Waals surface area contributed by atoms with E-state index in [9.17, 15) is 14.9 Å². The van der Waals surface area contributed by atoms with Crippen molar-refractivity contribution in [3.05, 3.63) is 75.3 Å². The van der Waals surface area contributed by atoms with Crippen molar-refractivity contribution in [2.45, 2.75) is 44.9 Å². The Kier molecular flexibility index (Phi) is 5.96. The lowest BCUT2D eigenvalue weighted by Crippen LogP contribution is -2.20. The smallest absolute Gasteiger partial charge is 0.267 e. The summed E-state index contributed by atoms with van der Waals surface area (Å²) >= 11 is 0. The van der Waals surface area contributed by atoms with Crippen LogP contribution in [-0.2, 0) is 0 Å². The molecule has 3 rings (SSSR count). The summed E-state index contributed by atoms with van der Waals surface area (Å²) in [7, 11) is 0. The first kappa shape index (κ1) is 18.8. The number of nitrogens with zero attached hydrogens (tertiary/aromatic N) is 2. The first-order valence-corrected chi connectivity index (χ1v) is 9.24. The van der Waals surface area contributed by atoms with E-state index in [1.807, 2.05) is 12.1 Å². The quantitative estimate of drug-likeness (QED) is 0.469. The van der Waals surface area contributed by atoms with Gasteiger partial charge >= 0.3 is 0 Å². The fourth-order valence-electron chi connectivity index (χ4n) is 3.52. The largest absolute Gasteiger partial charge is 0.282 e. The summed E-state index contributed by atoms with van der Waals surface area (Å²) in [6.45, 7) is 1.80.